The highest BCUT2D eigenvalue weighted by Gasteiger charge is 2.36. The van der Waals surface area contributed by atoms with Crippen LogP contribution in [0.25, 0.3) is 0 Å². The molecule has 0 saturated carbocycles. The lowest BCUT2D eigenvalue weighted by atomic mass is 10.1. The number of rotatable bonds is 20. The number of aromatic nitrogens is 1. The number of methoxy groups -OCH3 is 1. The summed E-state index contributed by atoms with van der Waals surface area (Å²) in [5.74, 6) is -1.44. The molecule has 1 rings (SSSR count). The minimum absolute atomic E-state index is 0.145. The van der Waals surface area contributed by atoms with Crippen LogP contribution in [0.4, 0.5) is 5.69 Å². The third-order valence-corrected chi connectivity index (χ3v) is 10.3. The molecule has 8 nitrogen and oxygen atoms in total. The first-order valence-corrected chi connectivity index (χ1v) is 16.2. The summed E-state index contributed by atoms with van der Waals surface area (Å²) in [5, 5.41) is 0. The number of esters is 1. The molecule has 0 aliphatic heterocycles. The predicted octanol–water partition coefficient (Wildman–Crippen LogP) is 5.84. The minimum Gasteiger partial charge on any atom is -0.465 e. The van der Waals surface area contributed by atoms with Crippen LogP contribution >= 0.6 is 0 Å². The lowest BCUT2D eigenvalue weighted by Crippen LogP contribution is -2.41. The van der Waals surface area contributed by atoms with Gasteiger partial charge in [0.15, 0.2) is 0 Å². The molecule has 0 amide bonds. The maximum Gasteiger partial charge on any atom is 0.340 e. The molecule has 0 radical (unpaired) electrons. The molecule has 10 heteroatoms. The first-order chi connectivity index (χ1) is 16.7. The number of hydrogen-bond donors (Lipinski definition) is 0. The van der Waals surface area contributed by atoms with Gasteiger partial charge in [0.1, 0.15) is 5.69 Å². The molecule has 1 heterocycles. The zero-order chi connectivity index (χ0) is 26.2. The molecule has 0 aliphatic carbocycles. The number of ether oxygens (including phenoxy) is 1. The van der Waals surface area contributed by atoms with Gasteiger partial charge in [-0.05, 0) is 18.9 Å². The first-order valence-electron chi connectivity index (χ1n) is 13.0. The fourth-order valence-corrected chi connectivity index (χ4v) is 8.13. The van der Waals surface area contributed by atoms with Crippen molar-refractivity contribution in [2.24, 2.45) is 0 Å². The second kappa shape index (κ2) is 16.9. The highest BCUT2D eigenvalue weighted by Crippen LogP contribution is 2.28. The Labute approximate surface area is 213 Å². The van der Waals surface area contributed by atoms with Gasteiger partial charge in [0.25, 0.3) is 0 Å². The number of hydrogen-bond acceptors (Lipinski definition) is 7. The summed E-state index contributed by atoms with van der Waals surface area (Å²) in [6, 6.07) is 1.28. The van der Waals surface area contributed by atoms with Crippen LogP contribution in [-0.4, -0.2) is 46.4 Å². The fourth-order valence-electron chi connectivity index (χ4n) is 3.94. The number of anilines is 1. The van der Waals surface area contributed by atoms with Crippen LogP contribution in [0, 0.1) is 0 Å². The molecule has 0 spiro atoms. The van der Waals surface area contributed by atoms with E-state index in [-0.39, 0.29) is 22.8 Å². The molecule has 0 N–H and O–H groups in total. The molecule has 1 aromatic heterocycles. The van der Waals surface area contributed by atoms with Crippen LogP contribution in [0.15, 0.2) is 18.5 Å². The highest BCUT2D eigenvalue weighted by molar-refractivity contribution is 8.10. The maximum absolute atomic E-state index is 13.4. The number of nitrogens with zero attached hydrogens (tertiary/aromatic N) is 2. The SMILES string of the molecule is CCCCCCCCCS(=O)(=O)N(c1cnccc1C(=O)OC)S(=O)(=O)CCCCCCCCC. The topological polar surface area (TPSA) is 111 Å². The summed E-state index contributed by atoms with van der Waals surface area (Å²) in [7, 11) is -7.34. The van der Waals surface area contributed by atoms with E-state index in [4.69, 9.17) is 4.74 Å². The van der Waals surface area contributed by atoms with Crippen LogP contribution < -0.4 is 3.71 Å². The van der Waals surface area contributed by atoms with Crippen molar-refractivity contribution in [1.82, 2.24) is 4.98 Å². The maximum atomic E-state index is 13.4. The summed E-state index contributed by atoms with van der Waals surface area (Å²) >= 11 is 0. The average molecular weight is 533 g/mol. The molecular weight excluding hydrogens is 488 g/mol. The molecule has 0 aromatic carbocycles. The Bertz CT molecular complexity index is 900. The van der Waals surface area contributed by atoms with Crippen LogP contribution in [0.1, 0.15) is 114 Å². The third-order valence-electron chi connectivity index (χ3n) is 5.92. The van der Waals surface area contributed by atoms with Gasteiger partial charge in [-0.1, -0.05) is 90.9 Å². The Balaban J connectivity index is 3.04. The Hall–Kier alpha value is -1.68. The Morgan fingerprint density at radius 2 is 1.20 bits per heavy atom. The first kappa shape index (κ1) is 31.4. The summed E-state index contributed by atoms with van der Waals surface area (Å²) in [5.41, 5.74) is -0.418. The van der Waals surface area contributed by atoms with Crippen molar-refractivity contribution >= 4 is 31.7 Å². The second-order valence-corrected chi connectivity index (χ2v) is 13.1. The van der Waals surface area contributed by atoms with Crippen molar-refractivity contribution < 1.29 is 26.4 Å². The number of unbranched alkanes of at least 4 members (excludes halogenated alkanes) is 12. The summed E-state index contributed by atoms with van der Waals surface area (Å²) in [4.78, 5) is 16.2. The van der Waals surface area contributed by atoms with Gasteiger partial charge in [0, 0.05) is 6.20 Å². The summed E-state index contributed by atoms with van der Waals surface area (Å²) < 4.78 is 58.6. The Morgan fingerprint density at radius 1 is 0.771 bits per heavy atom. The monoisotopic (exact) mass is 532 g/mol. The molecule has 0 aliphatic rings. The molecule has 0 atom stereocenters. The highest BCUT2D eigenvalue weighted by atomic mass is 32.3. The standard InChI is InChI=1S/C25H44N2O6S2/c1-4-6-8-10-12-14-16-20-34(29,30)27(24-22-26-19-18-23(24)25(28)33-3)35(31,32)21-17-15-13-11-9-7-5-2/h18-19,22H,4-17,20-21H2,1-3H3. The Kier molecular flexibility index (Phi) is 15.1. The quantitative estimate of drug-likeness (QED) is 0.153. The van der Waals surface area contributed by atoms with E-state index in [0.29, 0.717) is 29.4 Å². The van der Waals surface area contributed by atoms with Gasteiger partial charge in [-0.25, -0.2) is 21.6 Å². The van der Waals surface area contributed by atoms with Gasteiger partial charge in [0.2, 0.25) is 20.0 Å². The zero-order valence-electron chi connectivity index (χ0n) is 21.7. The number of sulfonamides is 2. The van der Waals surface area contributed by atoms with Crippen molar-refractivity contribution in [3.05, 3.63) is 24.0 Å². The molecule has 0 unspecified atom stereocenters. The van der Waals surface area contributed by atoms with Gasteiger partial charge in [-0.15, -0.1) is 0 Å². The fraction of sp³-hybridized carbons (Fsp3) is 0.760. The van der Waals surface area contributed by atoms with E-state index in [1.165, 1.54) is 12.3 Å². The van der Waals surface area contributed by atoms with E-state index in [9.17, 15) is 21.6 Å². The molecule has 0 saturated heterocycles. The van der Waals surface area contributed by atoms with E-state index in [2.05, 4.69) is 18.8 Å². The zero-order valence-corrected chi connectivity index (χ0v) is 23.3. The Morgan fingerprint density at radius 3 is 1.63 bits per heavy atom. The molecule has 35 heavy (non-hydrogen) atoms. The lowest BCUT2D eigenvalue weighted by Gasteiger charge is -2.25. The molecule has 0 fully saturated rings. The van der Waals surface area contributed by atoms with E-state index in [1.807, 2.05) is 0 Å². The number of carbonyl (C=O) groups is 1. The van der Waals surface area contributed by atoms with Gasteiger partial charge in [-0.3, -0.25) is 4.98 Å². The number of carbonyl (C=O) groups excluding carboxylic acids is 1. The van der Waals surface area contributed by atoms with Crippen molar-refractivity contribution in [2.45, 2.75) is 104 Å². The van der Waals surface area contributed by atoms with E-state index in [0.717, 1.165) is 77.5 Å². The normalized spacial score (nSPS) is 12.0. The summed E-state index contributed by atoms with van der Waals surface area (Å²) in [6.45, 7) is 4.27. The smallest absolute Gasteiger partial charge is 0.340 e. The van der Waals surface area contributed by atoms with Crippen molar-refractivity contribution in [3.8, 4) is 0 Å². The lowest BCUT2D eigenvalue weighted by molar-refractivity contribution is 0.0601. The molecular formula is C25H44N2O6S2. The predicted molar refractivity (Wildman–Crippen MR) is 142 cm³/mol. The largest absolute Gasteiger partial charge is 0.465 e. The average Bonchev–Trinajstić information content (AvgIpc) is 2.82. The van der Waals surface area contributed by atoms with Crippen LogP contribution in [0.5, 0.6) is 0 Å². The van der Waals surface area contributed by atoms with Gasteiger partial charge < -0.3 is 4.74 Å². The van der Waals surface area contributed by atoms with Gasteiger partial charge in [-0.2, -0.15) is 3.71 Å². The van der Waals surface area contributed by atoms with Crippen LogP contribution in [0.2, 0.25) is 0 Å². The van der Waals surface area contributed by atoms with Crippen molar-refractivity contribution in [3.63, 3.8) is 0 Å². The van der Waals surface area contributed by atoms with Crippen molar-refractivity contribution in [2.75, 3.05) is 22.3 Å². The minimum atomic E-state index is -4.25. The van der Waals surface area contributed by atoms with Gasteiger partial charge >= 0.3 is 5.97 Å². The molecule has 1 aromatic rings. The van der Waals surface area contributed by atoms with E-state index < -0.39 is 26.0 Å². The molecule has 202 valence electrons. The summed E-state index contributed by atoms with van der Waals surface area (Å²) in [6.07, 6.45) is 15.2. The number of pyridine rings is 1. The van der Waals surface area contributed by atoms with E-state index >= 15 is 0 Å². The molecule has 0 bridgehead atoms. The van der Waals surface area contributed by atoms with Crippen LogP contribution in [-0.2, 0) is 24.8 Å². The van der Waals surface area contributed by atoms with E-state index in [1.54, 1.807) is 0 Å². The van der Waals surface area contributed by atoms with Gasteiger partial charge in [0.05, 0.1) is 30.4 Å². The van der Waals surface area contributed by atoms with Crippen molar-refractivity contribution in [1.29, 1.82) is 0 Å². The third kappa shape index (κ3) is 11.3. The second-order valence-electron chi connectivity index (χ2n) is 8.96. The van der Waals surface area contributed by atoms with Crippen LogP contribution in [0.3, 0.4) is 0 Å².